The molecule has 0 bridgehead atoms. The molecular weight excluding hydrogens is 383 g/mol. The van der Waals surface area contributed by atoms with Crippen molar-refractivity contribution < 1.29 is 9.18 Å². The number of Topliss-reactive ketones (excluding diaryl/α,β-unsaturated/α-hetero) is 1. The summed E-state index contributed by atoms with van der Waals surface area (Å²) in [5.74, 6) is 0.594. The number of anilines is 1. The maximum absolute atomic E-state index is 13.1. The molecule has 0 aromatic heterocycles. The molecule has 1 aliphatic rings. The van der Waals surface area contributed by atoms with E-state index in [0.29, 0.717) is 5.56 Å². The maximum atomic E-state index is 13.1. The summed E-state index contributed by atoms with van der Waals surface area (Å²) in [4.78, 5) is 19.3. The van der Waals surface area contributed by atoms with E-state index in [9.17, 15) is 9.18 Å². The molecule has 25 heavy (non-hydrogen) atoms. The van der Waals surface area contributed by atoms with Gasteiger partial charge in [0.05, 0.1) is 6.54 Å². The number of ketones is 1. The Labute approximate surface area is 158 Å². The van der Waals surface area contributed by atoms with Crippen molar-refractivity contribution in [2.75, 3.05) is 18.0 Å². The summed E-state index contributed by atoms with van der Waals surface area (Å²) in [5.41, 5.74) is 2.64. The van der Waals surface area contributed by atoms with E-state index in [1.54, 1.807) is 0 Å². The summed E-state index contributed by atoms with van der Waals surface area (Å²) in [7, 11) is 0. The number of amidine groups is 1. The predicted molar refractivity (Wildman–Crippen MR) is 106 cm³/mol. The van der Waals surface area contributed by atoms with Crippen LogP contribution in [0, 0.1) is 12.7 Å². The molecule has 0 unspecified atom stereocenters. The van der Waals surface area contributed by atoms with Crippen LogP contribution in [0.15, 0.2) is 53.5 Å². The third kappa shape index (κ3) is 4.75. The summed E-state index contributed by atoms with van der Waals surface area (Å²) < 4.78 is 13.1. The fraction of sp³-hybridized carbons (Fsp3) is 0.300. The highest BCUT2D eigenvalue weighted by atomic mass is 79.9. The zero-order valence-electron chi connectivity index (χ0n) is 14.2. The predicted octanol–water partition coefficient (Wildman–Crippen LogP) is 4.98. The lowest BCUT2D eigenvalue weighted by Crippen LogP contribution is -2.37. The molecule has 2 aromatic carbocycles. The molecule has 0 aliphatic carbocycles. The third-order valence-corrected chi connectivity index (χ3v) is 4.29. The monoisotopic (exact) mass is 404 g/mol. The summed E-state index contributed by atoms with van der Waals surface area (Å²) in [6.45, 7) is 3.06. The van der Waals surface area contributed by atoms with Crippen LogP contribution in [0.3, 0.4) is 0 Å². The lowest BCUT2D eigenvalue weighted by molar-refractivity contribution is 0.100. The zero-order chi connectivity index (χ0) is 16.9. The van der Waals surface area contributed by atoms with Gasteiger partial charge in [-0.25, -0.2) is 4.39 Å². The first-order chi connectivity index (χ1) is 11.6. The maximum Gasteiger partial charge on any atom is 0.182 e. The van der Waals surface area contributed by atoms with Gasteiger partial charge in [-0.1, -0.05) is 18.2 Å². The fourth-order valence-electron chi connectivity index (χ4n) is 2.95. The summed E-state index contributed by atoms with van der Waals surface area (Å²) in [6, 6.07) is 13.7. The Morgan fingerprint density at radius 1 is 1.12 bits per heavy atom. The molecule has 0 saturated carbocycles. The highest BCUT2D eigenvalue weighted by Crippen LogP contribution is 2.23. The smallest absolute Gasteiger partial charge is 0.182 e. The minimum Gasteiger partial charge on any atom is -0.322 e. The minimum atomic E-state index is -0.334. The molecular formula is C20H22BrFN2O. The number of aryl methyl sites for hydroxylation is 1. The molecule has 0 fully saturated rings. The average Bonchev–Trinajstić information content (AvgIpc) is 2.61. The van der Waals surface area contributed by atoms with Crippen molar-refractivity contribution >= 4 is 34.3 Å². The van der Waals surface area contributed by atoms with Gasteiger partial charge in [0.15, 0.2) is 5.78 Å². The molecule has 0 N–H and O–H groups in total. The molecule has 132 valence electrons. The third-order valence-electron chi connectivity index (χ3n) is 4.29. The van der Waals surface area contributed by atoms with Gasteiger partial charge in [0, 0.05) is 24.2 Å². The van der Waals surface area contributed by atoms with Gasteiger partial charge in [-0.15, -0.1) is 17.0 Å². The van der Waals surface area contributed by atoms with E-state index in [2.05, 4.69) is 4.99 Å². The van der Waals surface area contributed by atoms with Crippen molar-refractivity contribution in [3.8, 4) is 0 Å². The molecule has 1 aliphatic heterocycles. The Kier molecular flexibility index (Phi) is 6.88. The Hall–Kier alpha value is -2.01. The highest BCUT2D eigenvalue weighted by molar-refractivity contribution is 8.93. The molecule has 1 heterocycles. The van der Waals surface area contributed by atoms with E-state index in [0.717, 1.165) is 42.9 Å². The van der Waals surface area contributed by atoms with Crippen LogP contribution in [0.5, 0.6) is 0 Å². The first kappa shape index (κ1) is 19.3. The molecule has 0 atom stereocenters. The Morgan fingerprint density at radius 2 is 1.84 bits per heavy atom. The van der Waals surface area contributed by atoms with Crippen LogP contribution in [-0.4, -0.2) is 24.7 Å². The van der Waals surface area contributed by atoms with Crippen molar-refractivity contribution in [3.63, 3.8) is 0 Å². The number of hydrogen-bond donors (Lipinski definition) is 0. The van der Waals surface area contributed by atoms with Crippen molar-refractivity contribution in [1.82, 2.24) is 0 Å². The van der Waals surface area contributed by atoms with Crippen molar-refractivity contribution in [1.29, 1.82) is 0 Å². The van der Waals surface area contributed by atoms with Gasteiger partial charge in [-0.05, 0) is 55.7 Å². The lowest BCUT2D eigenvalue weighted by Gasteiger charge is -2.29. The second-order valence-corrected chi connectivity index (χ2v) is 6.06. The Morgan fingerprint density at radius 3 is 2.48 bits per heavy atom. The number of nitrogens with zero attached hydrogens (tertiary/aromatic N) is 2. The largest absolute Gasteiger partial charge is 0.322 e. The quantitative estimate of drug-likeness (QED) is 0.672. The first-order valence-electron chi connectivity index (χ1n) is 8.30. The normalized spacial score (nSPS) is 13.6. The number of carbonyl (C=O) groups excluding carboxylic acids is 1. The van der Waals surface area contributed by atoms with Gasteiger partial charge in [-0.3, -0.25) is 9.79 Å². The topological polar surface area (TPSA) is 32.7 Å². The Balaban J connectivity index is 0.00000225. The van der Waals surface area contributed by atoms with Crippen LogP contribution in [0.4, 0.5) is 10.1 Å². The van der Waals surface area contributed by atoms with Crippen LogP contribution in [0.25, 0.3) is 0 Å². The van der Waals surface area contributed by atoms with Crippen molar-refractivity contribution in [2.24, 2.45) is 4.99 Å². The number of aliphatic imine (C=N–C) groups is 1. The zero-order valence-corrected chi connectivity index (χ0v) is 16.0. The van der Waals surface area contributed by atoms with E-state index in [-0.39, 0.29) is 35.1 Å². The fourth-order valence-corrected chi connectivity index (χ4v) is 2.95. The SMILES string of the molecule is Br.Cc1ccccc1N(CC(=O)c1ccc(F)cc1)C1=NCCCC1. The van der Waals surface area contributed by atoms with Crippen LogP contribution >= 0.6 is 17.0 Å². The Bertz CT molecular complexity index is 759. The van der Waals surface area contributed by atoms with Crippen LogP contribution < -0.4 is 4.90 Å². The van der Waals surface area contributed by atoms with Crippen molar-refractivity contribution in [3.05, 3.63) is 65.5 Å². The van der Waals surface area contributed by atoms with E-state index >= 15 is 0 Å². The van der Waals surface area contributed by atoms with Crippen molar-refractivity contribution in [2.45, 2.75) is 26.2 Å². The minimum absolute atomic E-state index is 0. The summed E-state index contributed by atoms with van der Waals surface area (Å²) in [6.07, 6.45) is 3.06. The molecule has 0 radical (unpaired) electrons. The van der Waals surface area contributed by atoms with Crippen LogP contribution in [0.1, 0.15) is 35.2 Å². The number of para-hydroxylation sites is 1. The van der Waals surface area contributed by atoms with Gasteiger partial charge in [0.25, 0.3) is 0 Å². The number of rotatable bonds is 4. The number of carbonyl (C=O) groups is 1. The van der Waals surface area contributed by atoms with E-state index in [1.165, 1.54) is 24.3 Å². The average molecular weight is 405 g/mol. The molecule has 5 heteroatoms. The molecule has 0 amide bonds. The first-order valence-corrected chi connectivity index (χ1v) is 8.30. The van der Waals surface area contributed by atoms with Crippen LogP contribution in [0.2, 0.25) is 0 Å². The molecule has 3 rings (SSSR count). The lowest BCUT2D eigenvalue weighted by atomic mass is 10.1. The summed E-state index contributed by atoms with van der Waals surface area (Å²) >= 11 is 0. The molecule has 2 aromatic rings. The highest BCUT2D eigenvalue weighted by Gasteiger charge is 2.21. The van der Waals surface area contributed by atoms with Gasteiger partial charge >= 0.3 is 0 Å². The van der Waals surface area contributed by atoms with Gasteiger partial charge in [-0.2, -0.15) is 0 Å². The van der Waals surface area contributed by atoms with Gasteiger partial charge in [0.2, 0.25) is 0 Å². The molecule has 3 nitrogen and oxygen atoms in total. The standard InChI is InChI=1S/C20H21FN2O.BrH/c1-15-6-2-3-7-18(15)23(20-8-4-5-13-22-20)14-19(24)16-9-11-17(21)12-10-16;/h2-3,6-7,9-12H,4-5,8,13-14H2,1H3;1H. The molecule has 0 spiro atoms. The number of benzene rings is 2. The van der Waals surface area contributed by atoms with E-state index in [1.807, 2.05) is 36.1 Å². The number of hydrogen-bond acceptors (Lipinski definition) is 3. The summed E-state index contributed by atoms with van der Waals surface area (Å²) in [5, 5.41) is 0. The number of halogens is 2. The van der Waals surface area contributed by atoms with Gasteiger partial charge < -0.3 is 4.90 Å². The van der Waals surface area contributed by atoms with Gasteiger partial charge in [0.1, 0.15) is 11.7 Å². The van der Waals surface area contributed by atoms with E-state index < -0.39 is 0 Å². The molecule has 0 saturated heterocycles. The second-order valence-electron chi connectivity index (χ2n) is 6.06. The van der Waals surface area contributed by atoms with Crippen LogP contribution in [-0.2, 0) is 0 Å². The second kappa shape index (κ2) is 8.90. The van der Waals surface area contributed by atoms with E-state index in [4.69, 9.17) is 0 Å².